The molecule has 0 spiro atoms. The number of hydrogen-bond acceptors (Lipinski definition) is 4. The second-order valence-corrected chi connectivity index (χ2v) is 7.72. The highest BCUT2D eigenvalue weighted by Crippen LogP contribution is 2.31. The lowest BCUT2D eigenvalue weighted by Gasteiger charge is -2.48. The van der Waals surface area contributed by atoms with Gasteiger partial charge in [0.25, 0.3) is 0 Å². The van der Waals surface area contributed by atoms with Crippen molar-refractivity contribution < 1.29 is 19.4 Å². The number of nitrogens with zero attached hydrogens (tertiary/aromatic N) is 2. The number of ether oxygens (including phenoxy) is 1. The lowest BCUT2D eigenvalue weighted by atomic mass is 9.89. The Morgan fingerprint density at radius 3 is 2.24 bits per heavy atom. The van der Waals surface area contributed by atoms with Gasteiger partial charge < -0.3 is 19.6 Å². The van der Waals surface area contributed by atoms with Crippen LogP contribution in [-0.2, 0) is 22.7 Å². The van der Waals surface area contributed by atoms with Gasteiger partial charge in [-0.15, -0.1) is 0 Å². The highest BCUT2D eigenvalue weighted by molar-refractivity contribution is 5.97. The zero-order chi connectivity index (χ0) is 20.4. The molecule has 6 heteroatoms. The molecule has 6 nitrogen and oxygen atoms in total. The van der Waals surface area contributed by atoms with Crippen molar-refractivity contribution in [3.8, 4) is 5.75 Å². The topological polar surface area (TPSA) is 70.1 Å². The molecule has 0 radical (unpaired) electrons. The maximum Gasteiger partial charge on any atom is 0.249 e. The molecule has 3 aliphatic rings. The molecule has 2 aromatic rings. The smallest absolute Gasteiger partial charge is 0.249 e. The number of aliphatic hydroxyl groups is 1. The molecule has 2 amide bonds. The molecule has 0 unspecified atom stereocenters. The Kier molecular flexibility index (Phi) is 5.53. The van der Waals surface area contributed by atoms with Crippen molar-refractivity contribution in [2.24, 2.45) is 0 Å². The number of hydrogen-bond donors (Lipinski definition) is 1. The van der Waals surface area contributed by atoms with E-state index in [1.54, 1.807) is 16.9 Å². The molecule has 3 atom stereocenters. The van der Waals surface area contributed by atoms with Crippen molar-refractivity contribution in [3.05, 3.63) is 65.7 Å². The maximum atomic E-state index is 13.4. The average molecular weight is 394 g/mol. The first-order valence-corrected chi connectivity index (χ1v) is 10.0. The maximum absolute atomic E-state index is 13.4. The van der Waals surface area contributed by atoms with E-state index in [4.69, 9.17) is 4.74 Å². The fourth-order valence-electron chi connectivity index (χ4n) is 4.32. The second-order valence-electron chi connectivity index (χ2n) is 7.72. The Morgan fingerprint density at radius 1 is 0.897 bits per heavy atom. The first-order valence-electron chi connectivity index (χ1n) is 10.0. The summed E-state index contributed by atoms with van der Waals surface area (Å²) < 4.78 is 5.19. The Balaban J connectivity index is 1.62. The monoisotopic (exact) mass is 394 g/mol. The number of fused-ring (bicyclic) bond motifs is 5. The second kappa shape index (κ2) is 8.25. The molecule has 5 rings (SSSR count). The molecule has 3 aliphatic heterocycles. The summed E-state index contributed by atoms with van der Waals surface area (Å²) in [5, 5.41) is 10.7. The van der Waals surface area contributed by atoms with Gasteiger partial charge in [0.15, 0.2) is 0 Å². The van der Waals surface area contributed by atoms with E-state index in [0.717, 1.165) is 23.3 Å². The molecule has 0 saturated carbocycles. The van der Waals surface area contributed by atoms with Crippen molar-refractivity contribution in [3.63, 3.8) is 0 Å². The van der Waals surface area contributed by atoms with Gasteiger partial charge in [0, 0.05) is 13.1 Å². The third kappa shape index (κ3) is 3.85. The first kappa shape index (κ1) is 19.5. The summed E-state index contributed by atoms with van der Waals surface area (Å²) in [4.78, 5) is 30.0. The molecule has 3 fully saturated rings. The van der Waals surface area contributed by atoms with Gasteiger partial charge in [-0.1, -0.05) is 42.5 Å². The van der Waals surface area contributed by atoms with Crippen LogP contribution in [0, 0.1) is 0 Å². The standard InChI is InChI=1S/C23H26N2O4/c1-29-18-12-10-17(11-13-18)15-25-21-20(26)9-5-8-19(22(25)27)24(23(21)28)14-16-6-3-2-4-7-16/h2-4,6-7,10-13,19-21,26H,5,8-9,14-15H2,1H3/t19-,20-,21-/m0/s1. The predicted molar refractivity (Wildman–Crippen MR) is 108 cm³/mol. The molecule has 2 bridgehead atoms. The first-order chi connectivity index (χ1) is 14.1. The number of piperazine rings is 1. The van der Waals surface area contributed by atoms with E-state index >= 15 is 0 Å². The van der Waals surface area contributed by atoms with Crippen molar-refractivity contribution >= 4 is 11.8 Å². The van der Waals surface area contributed by atoms with Gasteiger partial charge in [0.1, 0.15) is 17.8 Å². The van der Waals surface area contributed by atoms with Crippen LogP contribution in [0.2, 0.25) is 0 Å². The van der Waals surface area contributed by atoms with Gasteiger partial charge in [-0.3, -0.25) is 9.59 Å². The largest absolute Gasteiger partial charge is 0.497 e. The highest BCUT2D eigenvalue weighted by Gasteiger charge is 2.49. The van der Waals surface area contributed by atoms with Crippen molar-refractivity contribution in [1.29, 1.82) is 0 Å². The summed E-state index contributed by atoms with van der Waals surface area (Å²) in [7, 11) is 1.60. The summed E-state index contributed by atoms with van der Waals surface area (Å²) in [6.07, 6.45) is 0.964. The average Bonchev–Trinajstić information content (AvgIpc) is 2.74. The van der Waals surface area contributed by atoms with Gasteiger partial charge in [0.05, 0.1) is 13.2 Å². The van der Waals surface area contributed by atoms with E-state index in [1.807, 2.05) is 54.6 Å². The summed E-state index contributed by atoms with van der Waals surface area (Å²) in [5.74, 6) is 0.485. The SMILES string of the molecule is COc1ccc(CN2C(=O)[C@@H]3CCC[C@H](O)[C@H]2C(=O)N3Cc2ccccc2)cc1. The van der Waals surface area contributed by atoms with Gasteiger partial charge in [0.2, 0.25) is 11.8 Å². The molecule has 3 saturated heterocycles. The number of rotatable bonds is 5. The number of aliphatic hydroxyl groups excluding tert-OH is 1. The van der Waals surface area contributed by atoms with Crippen LogP contribution in [0.1, 0.15) is 30.4 Å². The minimum absolute atomic E-state index is 0.0832. The van der Waals surface area contributed by atoms with Crippen LogP contribution < -0.4 is 4.74 Å². The quantitative estimate of drug-likeness (QED) is 0.845. The molecule has 3 heterocycles. The highest BCUT2D eigenvalue weighted by atomic mass is 16.5. The van der Waals surface area contributed by atoms with Crippen LogP contribution in [0.3, 0.4) is 0 Å². The van der Waals surface area contributed by atoms with Crippen LogP contribution >= 0.6 is 0 Å². The van der Waals surface area contributed by atoms with Gasteiger partial charge in [-0.25, -0.2) is 0 Å². The van der Waals surface area contributed by atoms with Gasteiger partial charge >= 0.3 is 0 Å². The van der Waals surface area contributed by atoms with Gasteiger partial charge in [-0.2, -0.15) is 0 Å². The lowest BCUT2D eigenvalue weighted by Crippen LogP contribution is -2.68. The van der Waals surface area contributed by atoms with Crippen LogP contribution in [0.5, 0.6) is 5.75 Å². The van der Waals surface area contributed by atoms with Crippen molar-refractivity contribution in [1.82, 2.24) is 9.80 Å². The number of carbonyl (C=O) groups is 2. The van der Waals surface area contributed by atoms with E-state index < -0.39 is 18.2 Å². The third-order valence-corrected chi connectivity index (χ3v) is 5.87. The number of methoxy groups -OCH3 is 1. The lowest BCUT2D eigenvalue weighted by molar-refractivity contribution is -0.171. The van der Waals surface area contributed by atoms with E-state index in [9.17, 15) is 14.7 Å². The van der Waals surface area contributed by atoms with E-state index in [2.05, 4.69) is 0 Å². The Morgan fingerprint density at radius 2 is 1.55 bits per heavy atom. The Bertz CT molecular complexity index is 868. The zero-order valence-electron chi connectivity index (χ0n) is 16.5. The molecule has 1 N–H and O–H groups in total. The molecule has 2 aromatic carbocycles. The molecular formula is C23H26N2O4. The van der Waals surface area contributed by atoms with Crippen LogP contribution in [0.25, 0.3) is 0 Å². The van der Waals surface area contributed by atoms with Crippen LogP contribution in [0.4, 0.5) is 0 Å². The minimum atomic E-state index is -0.857. The summed E-state index contributed by atoms with van der Waals surface area (Å²) in [5.41, 5.74) is 1.89. The summed E-state index contributed by atoms with van der Waals surface area (Å²) >= 11 is 0. The predicted octanol–water partition coefficient (Wildman–Crippen LogP) is 2.35. The molecule has 152 valence electrons. The molecule has 29 heavy (non-hydrogen) atoms. The fourth-order valence-corrected chi connectivity index (χ4v) is 4.32. The normalized spacial score (nSPS) is 24.4. The Labute approximate surface area is 170 Å². The zero-order valence-corrected chi connectivity index (χ0v) is 16.5. The molecular weight excluding hydrogens is 368 g/mol. The minimum Gasteiger partial charge on any atom is -0.497 e. The fraction of sp³-hybridized carbons (Fsp3) is 0.391. The van der Waals surface area contributed by atoms with Gasteiger partial charge in [-0.05, 0) is 42.5 Å². The van der Waals surface area contributed by atoms with E-state index in [0.29, 0.717) is 25.9 Å². The van der Waals surface area contributed by atoms with Crippen molar-refractivity contribution in [2.45, 2.75) is 50.5 Å². The third-order valence-electron chi connectivity index (χ3n) is 5.87. The molecule has 0 aliphatic carbocycles. The van der Waals surface area contributed by atoms with E-state index in [-0.39, 0.29) is 11.8 Å². The van der Waals surface area contributed by atoms with Crippen LogP contribution in [-0.4, -0.2) is 52.0 Å². The van der Waals surface area contributed by atoms with Crippen LogP contribution in [0.15, 0.2) is 54.6 Å². The summed E-state index contributed by atoms with van der Waals surface area (Å²) in [6.45, 7) is 0.682. The number of amides is 2. The van der Waals surface area contributed by atoms with E-state index in [1.165, 1.54) is 0 Å². The molecule has 0 aromatic heterocycles. The Hall–Kier alpha value is -2.86. The summed E-state index contributed by atoms with van der Waals surface area (Å²) in [6, 6.07) is 15.8. The number of carbonyl (C=O) groups excluding carboxylic acids is 2. The van der Waals surface area contributed by atoms with Crippen molar-refractivity contribution in [2.75, 3.05) is 7.11 Å². The number of benzene rings is 2.